The Hall–Kier alpha value is -1.18. The van der Waals surface area contributed by atoms with Crippen LogP contribution in [0.5, 0.6) is 0 Å². The fourth-order valence-electron chi connectivity index (χ4n) is 1.85. The predicted octanol–water partition coefficient (Wildman–Crippen LogP) is 2.72. The van der Waals surface area contributed by atoms with E-state index < -0.39 is 0 Å². The number of allylic oxidation sites excluding steroid dienone is 3. The average molecular weight is 372 g/mol. The Kier molecular flexibility index (Phi) is 20.9. The highest BCUT2D eigenvalue weighted by atomic mass is 16.6. The Morgan fingerprint density at radius 3 is 1.88 bits per heavy atom. The third-order valence-corrected chi connectivity index (χ3v) is 3.15. The van der Waals surface area contributed by atoms with E-state index in [-0.39, 0.29) is 0 Å². The van der Waals surface area contributed by atoms with Gasteiger partial charge < -0.3 is 29.0 Å². The summed E-state index contributed by atoms with van der Waals surface area (Å²) in [5.74, 6) is 0.724. The first-order valence-corrected chi connectivity index (χ1v) is 9.44. The largest absolute Gasteiger partial charge is 0.494 e. The van der Waals surface area contributed by atoms with Crippen LogP contribution in [0.3, 0.4) is 0 Å². The summed E-state index contributed by atoms with van der Waals surface area (Å²) in [7, 11) is 0. The Bertz CT molecular complexity index is 347. The molecule has 0 aromatic rings. The molecule has 6 heteroatoms. The summed E-state index contributed by atoms with van der Waals surface area (Å²) >= 11 is 0. The molecule has 0 rings (SSSR count). The minimum Gasteiger partial charge on any atom is -0.494 e. The summed E-state index contributed by atoms with van der Waals surface area (Å²) in [5, 5.41) is 3.28. The predicted molar refractivity (Wildman–Crippen MR) is 105 cm³/mol. The molecular formula is C20H37NO5. The summed E-state index contributed by atoms with van der Waals surface area (Å²) in [6.07, 6.45) is 7.08. The SMILES string of the molecule is C=C/C=C(\C=C)OCCCOCCOCCOCCOCCNCCC. The van der Waals surface area contributed by atoms with E-state index in [1.807, 2.05) is 0 Å². The van der Waals surface area contributed by atoms with E-state index >= 15 is 0 Å². The van der Waals surface area contributed by atoms with Gasteiger partial charge in [-0.05, 0) is 25.1 Å². The van der Waals surface area contributed by atoms with Gasteiger partial charge in [-0.15, -0.1) is 0 Å². The molecule has 0 aliphatic rings. The van der Waals surface area contributed by atoms with Crippen molar-refractivity contribution in [2.45, 2.75) is 19.8 Å². The molecular weight excluding hydrogens is 334 g/mol. The lowest BCUT2D eigenvalue weighted by Crippen LogP contribution is -2.21. The van der Waals surface area contributed by atoms with Gasteiger partial charge in [-0.3, -0.25) is 0 Å². The van der Waals surface area contributed by atoms with Gasteiger partial charge in [0.1, 0.15) is 5.76 Å². The molecule has 26 heavy (non-hydrogen) atoms. The number of hydrogen-bond donors (Lipinski definition) is 1. The normalized spacial score (nSPS) is 11.5. The quantitative estimate of drug-likeness (QED) is 0.190. The van der Waals surface area contributed by atoms with Crippen molar-refractivity contribution in [1.29, 1.82) is 0 Å². The van der Waals surface area contributed by atoms with Gasteiger partial charge in [0.25, 0.3) is 0 Å². The first kappa shape index (κ1) is 24.8. The molecule has 0 heterocycles. The topological polar surface area (TPSA) is 58.2 Å². The van der Waals surface area contributed by atoms with Gasteiger partial charge in [0.15, 0.2) is 0 Å². The van der Waals surface area contributed by atoms with Crippen LogP contribution in [0, 0.1) is 0 Å². The van der Waals surface area contributed by atoms with Gasteiger partial charge in [-0.25, -0.2) is 0 Å². The molecule has 0 saturated carbocycles. The van der Waals surface area contributed by atoms with Crippen molar-refractivity contribution >= 4 is 0 Å². The van der Waals surface area contributed by atoms with Crippen LogP contribution < -0.4 is 5.32 Å². The first-order valence-electron chi connectivity index (χ1n) is 9.44. The highest BCUT2D eigenvalue weighted by molar-refractivity contribution is 5.14. The summed E-state index contributed by atoms with van der Waals surface area (Å²) in [5.41, 5.74) is 0. The first-order chi connectivity index (χ1) is 12.8. The van der Waals surface area contributed by atoms with Crippen molar-refractivity contribution < 1.29 is 23.7 Å². The van der Waals surface area contributed by atoms with Gasteiger partial charge in [-0.1, -0.05) is 26.2 Å². The van der Waals surface area contributed by atoms with Crippen molar-refractivity contribution in [3.05, 3.63) is 37.1 Å². The van der Waals surface area contributed by atoms with Gasteiger partial charge in [0.05, 0.1) is 52.9 Å². The lowest BCUT2D eigenvalue weighted by Gasteiger charge is -2.08. The molecule has 0 fully saturated rings. The van der Waals surface area contributed by atoms with Crippen molar-refractivity contribution in [1.82, 2.24) is 5.32 Å². The smallest absolute Gasteiger partial charge is 0.118 e. The second kappa shape index (κ2) is 21.9. The Labute approximate surface area is 159 Å². The van der Waals surface area contributed by atoms with Crippen LogP contribution >= 0.6 is 0 Å². The summed E-state index contributed by atoms with van der Waals surface area (Å²) in [4.78, 5) is 0. The minimum atomic E-state index is 0.568. The molecule has 0 saturated heterocycles. The highest BCUT2D eigenvalue weighted by Gasteiger charge is 1.95. The van der Waals surface area contributed by atoms with Crippen LogP contribution in [0.15, 0.2) is 37.1 Å². The van der Waals surface area contributed by atoms with Gasteiger partial charge in [0.2, 0.25) is 0 Å². The average Bonchev–Trinajstić information content (AvgIpc) is 2.66. The molecule has 0 spiro atoms. The van der Waals surface area contributed by atoms with Crippen molar-refractivity contribution in [2.75, 3.05) is 72.6 Å². The molecule has 0 amide bonds. The fourth-order valence-corrected chi connectivity index (χ4v) is 1.85. The van der Waals surface area contributed by atoms with E-state index in [1.165, 1.54) is 0 Å². The minimum absolute atomic E-state index is 0.568. The Balaban J connectivity index is 3.12. The zero-order chi connectivity index (χ0) is 19.1. The maximum absolute atomic E-state index is 5.49. The molecule has 0 aliphatic heterocycles. The second-order valence-electron chi connectivity index (χ2n) is 5.41. The van der Waals surface area contributed by atoms with E-state index in [4.69, 9.17) is 23.7 Å². The number of ether oxygens (including phenoxy) is 5. The third-order valence-electron chi connectivity index (χ3n) is 3.15. The molecule has 0 aliphatic carbocycles. The summed E-state index contributed by atoms with van der Waals surface area (Å²) in [6.45, 7) is 16.8. The number of rotatable bonds is 21. The van der Waals surface area contributed by atoms with Crippen LogP contribution in [0.1, 0.15) is 19.8 Å². The molecule has 152 valence electrons. The van der Waals surface area contributed by atoms with Crippen molar-refractivity contribution in [3.63, 3.8) is 0 Å². The Morgan fingerprint density at radius 2 is 1.35 bits per heavy atom. The van der Waals surface area contributed by atoms with Crippen LogP contribution in [0.25, 0.3) is 0 Å². The van der Waals surface area contributed by atoms with Crippen LogP contribution in [0.4, 0.5) is 0 Å². The van der Waals surface area contributed by atoms with E-state index in [0.717, 1.165) is 38.3 Å². The summed E-state index contributed by atoms with van der Waals surface area (Å²) < 4.78 is 27.3. The van der Waals surface area contributed by atoms with Crippen LogP contribution in [0.2, 0.25) is 0 Å². The number of hydrogen-bond acceptors (Lipinski definition) is 6. The van der Waals surface area contributed by atoms with Crippen molar-refractivity contribution in [3.8, 4) is 0 Å². The van der Waals surface area contributed by atoms with Gasteiger partial charge >= 0.3 is 0 Å². The molecule has 0 aromatic carbocycles. The molecule has 0 atom stereocenters. The second-order valence-corrected chi connectivity index (χ2v) is 5.41. The van der Waals surface area contributed by atoms with Crippen LogP contribution in [-0.4, -0.2) is 72.6 Å². The maximum Gasteiger partial charge on any atom is 0.118 e. The van der Waals surface area contributed by atoms with Crippen LogP contribution in [-0.2, 0) is 23.7 Å². The molecule has 1 N–H and O–H groups in total. The van der Waals surface area contributed by atoms with Gasteiger partial charge in [0, 0.05) is 19.6 Å². The fraction of sp³-hybridized carbons (Fsp3) is 0.700. The monoisotopic (exact) mass is 371 g/mol. The molecule has 0 bridgehead atoms. The molecule has 0 aromatic heterocycles. The zero-order valence-electron chi connectivity index (χ0n) is 16.4. The highest BCUT2D eigenvalue weighted by Crippen LogP contribution is 1.99. The molecule has 6 nitrogen and oxygen atoms in total. The van der Waals surface area contributed by atoms with E-state index in [2.05, 4.69) is 25.4 Å². The number of nitrogens with one attached hydrogen (secondary N) is 1. The van der Waals surface area contributed by atoms with E-state index in [0.29, 0.717) is 52.9 Å². The van der Waals surface area contributed by atoms with Crippen molar-refractivity contribution in [2.24, 2.45) is 0 Å². The molecule has 0 unspecified atom stereocenters. The van der Waals surface area contributed by atoms with E-state index in [9.17, 15) is 0 Å². The Morgan fingerprint density at radius 1 is 0.769 bits per heavy atom. The zero-order valence-corrected chi connectivity index (χ0v) is 16.4. The maximum atomic E-state index is 5.49. The van der Waals surface area contributed by atoms with E-state index in [1.54, 1.807) is 18.2 Å². The summed E-state index contributed by atoms with van der Waals surface area (Å²) in [6, 6.07) is 0. The standard InChI is InChI=1S/C20H37NO5/c1-4-8-20(6-3)26-12-7-11-22-14-16-24-18-19-25-17-15-23-13-10-21-9-5-2/h4,6,8,21H,1,3,5,7,9-19H2,2H3/b20-8+. The third kappa shape index (κ3) is 19.1. The lowest BCUT2D eigenvalue weighted by molar-refractivity contribution is -0.00287. The van der Waals surface area contributed by atoms with Gasteiger partial charge in [-0.2, -0.15) is 0 Å². The molecule has 0 radical (unpaired) electrons. The lowest BCUT2D eigenvalue weighted by atomic mass is 10.4.